The largest absolute Gasteiger partial charge is 0.462 e. The summed E-state index contributed by atoms with van der Waals surface area (Å²) in [6.07, 6.45) is 1.53. The van der Waals surface area contributed by atoms with Crippen LogP contribution in [0.25, 0.3) is 0 Å². The van der Waals surface area contributed by atoms with E-state index in [4.69, 9.17) is 0 Å². The van der Waals surface area contributed by atoms with E-state index in [1.165, 1.54) is 20.0 Å². The Hall–Kier alpha value is -0.830. The van der Waals surface area contributed by atoms with Crippen LogP contribution in [-0.4, -0.2) is 19.6 Å². The Morgan fingerprint density at radius 2 is 1.91 bits per heavy atom. The van der Waals surface area contributed by atoms with Crippen molar-refractivity contribution in [2.24, 2.45) is 5.73 Å². The van der Waals surface area contributed by atoms with E-state index in [1.54, 1.807) is 0 Å². The van der Waals surface area contributed by atoms with Gasteiger partial charge in [-0.05, 0) is 7.05 Å². The summed E-state index contributed by atoms with van der Waals surface area (Å²) < 4.78 is 4.43. The number of rotatable bonds is 2. The molecule has 0 unspecified atom stereocenters. The van der Waals surface area contributed by atoms with Crippen molar-refractivity contribution in [3.05, 3.63) is 12.7 Å². The fraction of sp³-hybridized carbons (Fsp3) is 0.625. The van der Waals surface area contributed by atoms with Crippen molar-refractivity contribution in [3.8, 4) is 0 Å². The summed E-state index contributed by atoms with van der Waals surface area (Å²) in [7, 11) is 1.50. The molecule has 0 spiro atoms. The number of carbonyl (C=O) groups excluding carboxylic acids is 1. The summed E-state index contributed by atoms with van der Waals surface area (Å²) >= 11 is 0. The van der Waals surface area contributed by atoms with Crippen molar-refractivity contribution in [1.82, 2.24) is 0 Å². The third-order valence-electron chi connectivity index (χ3n) is 0.404. The minimum absolute atomic E-state index is 0.264. The van der Waals surface area contributed by atoms with Crippen LogP contribution in [0, 0.1) is 0 Å². The number of hydrogen-bond acceptors (Lipinski definition) is 3. The summed E-state index contributed by atoms with van der Waals surface area (Å²) in [5.41, 5.74) is 4.50. The number of esters is 1. The van der Waals surface area contributed by atoms with Crippen LogP contribution in [0.4, 0.5) is 0 Å². The molecule has 0 aliphatic rings. The Balaban J connectivity index is -0.000000138. The molecule has 0 aromatic rings. The number of nitrogens with two attached hydrogens (primary N) is 1. The lowest BCUT2D eigenvalue weighted by Gasteiger charge is -1.90. The minimum Gasteiger partial charge on any atom is -0.462 e. The summed E-state index contributed by atoms with van der Waals surface area (Å²) in [4.78, 5) is 9.93. The number of hydrogen-bond donors (Lipinski definition) is 1. The maximum absolute atomic E-state index is 9.93. The molecule has 0 atom stereocenters. The average Bonchev–Trinajstić information content (AvgIpc) is 2.08. The summed E-state index contributed by atoms with van der Waals surface area (Å²) in [6, 6.07) is 0. The molecule has 2 N–H and O–H groups in total. The van der Waals surface area contributed by atoms with Gasteiger partial charge in [-0.2, -0.15) is 0 Å². The van der Waals surface area contributed by atoms with Gasteiger partial charge in [0, 0.05) is 6.92 Å². The zero-order chi connectivity index (χ0) is 9.70. The fourth-order valence-electron chi connectivity index (χ4n) is 0.176. The fourth-order valence-corrected chi connectivity index (χ4v) is 0.176. The summed E-state index contributed by atoms with van der Waals surface area (Å²) in [5, 5.41) is 0. The molecule has 0 aliphatic heterocycles. The van der Waals surface area contributed by atoms with Gasteiger partial charge in [-0.15, -0.1) is 0 Å². The molecule has 68 valence electrons. The molecule has 0 bridgehead atoms. The maximum atomic E-state index is 9.93. The Morgan fingerprint density at radius 3 is 2.00 bits per heavy atom. The lowest BCUT2D eigenvalue weighted by Crippen LogP contribution is -1.96. The van der Waals surface area contributed by atoms with E-state index >= 15 is 0 Å². The highest BCUT2D eigenvalue weighted by atomic mass is 16.5. The highest BCUT2D eigenvalue weighted by Crippen LogP contribution is 1.73. The first-order valence-corrected chi connectivity index (χ1v) is 3.59. The quantitative estimate of drug-likeness (QED) is 0.491. The Kier molecular flexibility index (Phi) is 34.6. The zero-order valence-corrected chi connectivity index (χ0v) is 7.89. The van der Waals surface area contributed by atoms with E-state index in [9.17, 15) is 4.79 Å². The zero-order valence-electron chi connectivity index (χ0n) is 7.89. The molecule has 11 heavy (non-hydrogen) atoms. The molecule has 0 rings (SSSR count). The molecule has 0 heterocycles. The van der Waals surface area contributed by atoms with E-state index in [-0.39, 0.29) is 5.97 Å². The third kappa shape index (κ3) is 46.9. The number of carbonyl (C=O) groups is 1. The molecule has 0 saturated carbocycles. The maximum Gasteiger partial charge on any atom is 0.302 e. The highest BCUT2D eigenvalue weighted by Gasteiger charge is 1.83. The van der Waals surface area contributed by atoms with Crippen molar-refractivity contribution in [2.45, 2.75) is 20.8 Å². The molecule has 0 amide bonds. The van der Waals surface area contributed by atoms with E-state index in [2.05, 4.69) is 17.0 Å². The van der Waals surface area contributed by atoms with Crippen molar-refractivity contribution in [2.75, 3.05) is 13.7 Å². The molecular formula is C8H19NO2. The molecule has 3 heteroatoms. The van der Waals surface area contributed by atoms with Crippen LogP contribution in [0.1, 0.15) is 20.8 Å². The molecule has 0 fully saturated rings. The summed E-state index contributed by atoms with van der Waals surface area (Å²) in [6.45, 7) is 9.03. The predicted octanol–water partition coefficient (Wildman–Crippen LogP) is 1.34. The van der Waals surface area contributed by atoms with Crippen LogP contribution in [-0.2, 0) is 9.53 Å². The van der Waals surface area contributed by atoms with Gasteiger partial charge >= 0.3 is 5.97 Å². The molecule has 0 aromatic heterocycles. The van der Waals surface area contributed by atoms with Gasteiger partial charge in [-0.3, -0.25) is 4.79 Å². The van der Waals surface area contributed by atoms with Gasteiger partial charge in [0.15, 0.2) is 0 Å². The highest BCUT2D eigenvalue weighted by molar-refractivity contribution is 5.65. The van der Waals surface area contributed by atoms with E-state index in [0.29, 0.717) is 6.61 Å². The molecule has 0 radical (unpaired) electrons. The summed E-state index contributed by atoms with van der Waals surface area (Å²) in [5.74, 6) is -0.264. The van der Waals surface area contributed by atoms with Crippen LogP contribution >= 0.6 is 0 Å². The van der Waals surface area contributed by atoms with Crippen molar-refractivity contribution < 1.29 is 9.53 Å². The van der Waals surface area contributed by atoms with Gasteiger partial charge < -0.3 is 10.5 Å². The van der Waals surface area contributed by atoms with E-state index < -0.39 is 0 Å². The molecule has 0 aromatic carbocycles. The number of ether oxygens (including phenoxy) is 1. The minimum atomic E-state index is -0.264. The van der Waals surface area contributed by atoms with Crippen molar-refractivity contribution in [1.29, 1.82) is 0 Å². The lowest BCUT2D eigenvalue weighted by molar-refractivity contribution is -0.139. The Bertz CT molecular complexity index is 82.2. The lowest BCUT2D eigenvalue weighted by atomic mass is 10.7. The predicted molar refractivity (Wildman–Crippen MR) is 48.3 cm³/mol. The van der Waals surface area contributed by atoms with Gasteiger partial charge in [0.05, 0.1) is 0 Å². The van der Waals surface area contributed by atoms with Gasteiger partial charge in [-0.25, -0.2) is 0 Å². The van der Waals surface area contributed by atoms with Gasteiger partial charge in [0.2, 0.25) is 0 Å². The van der Waals surface area contributed by atoms with Gasteiger partial charge in [0.25, 0.3) is 0 Å². The van der Waals surface area contributed by atoms with Gasteiger partial charge in [0.1, 0.15) is 6.61 Å². The van der Waals surface area contributed by atoms with Crippen LogP contribution in [0.2, 0.25) is 0 Å². The normalized spacial score (nSPS) is 5.91. The van der Waals surface area contributed by atoms with E-state index in [0.717, 1.165) is 0 Å². The SMILES string of the molecule is C=CCOC(C)=O.CC.CN. The first kappa shape index (κ1) is 16.6. The van der Waals surface area contributed by atoms with Crippen LogP contribution in [0.15, 0.2) is 12.7 Å². The van der Waals surface area contributed by atoms with Crippen LogP contribution in [0.3, 0.4) is 0 Å². The smallest absolute Gasteiger partial charge is 0.302 e. The first-order chi connectivity index (χ1) is 5.27. The monoisotopic (exact) mass is 161 g/mol. The van der Waals surface area contributed by atoms with Crippen LogP contribution in [0.5, 0.6) is 0 Å². The van der Waals surface area contributed by atoms with Crippen molar-refractivity contribution in [3.63, 3.8) is 0 Å². The van der Waals surface area contributed by atoms with Crippen LogP contribution < -0.4 is 5.73 Å². The molecule has 0 aliphatic carbocycles. The standard InChI is InChI=1S/C5H8O2.C2H6.CH5N/c1-3-4-7-5(2)6;2*1-2/h3H,1,4H2,2H3;1-2H3;2H2,1H3. The second kappa shape index (κ2) is 22.9. The Morgan fingerprint density at radius 1 is 1.55 bits per heavy atom. The third-order valence-corrected chi connectivity index (χ3v) is 0.404. The van der Waals surface area contributed by atoms with Crippen molar-refractivity contribution >= 4 is 5.97 Å². The molecule has 3 nitrogen and oxygen atoms in total. The second-order valence-electron chi connectivity index (χ2n) is 1.09. The van der Waals surface area contributed by atoms with E-state index in [1.807, 2.05) is 13.8 Å². The molecule has 0 saturated heterocycles. The molecular weight excluding hydrogens is 142 g/mol. The second-order valence-corrected chi connectivity index (χ2v) is 1.09. The Labute approximate surface area is 69.2 Å². The topological polar surface area (TPSA) is 52.3 Å². The first-order valence-electron chi connectivity index (χ1n) is 3.59. The average molecular weight is 161 g/mol. The van der Waals surface area contributed by atoms with Gasteiger partial charge in [-0.1, -0.05) is 26.5 Å².